The predicted octanol–water partition coefficient (Wildman–Crippen LogP) is 3.27. The summed E-state index contributed by atoms with van der Waals surface area (Å²) in [6.45, 7) is 2.08. The summed E-state index contributed by atoms with van der Waals surface area (Å²) >= 11 is 5.58. The molecule has 2 aromatic rings. The van der Waals surface area contributed by atoms with Crippen LogP contribution in [0.15, 0.2) is 28.7 Å². The standard InChI is InChI=1S/C12H13ClO2/c1-2-8-4-3-5-9-6-11(10(14)7-13)15-12(8)9/h3-6,10,14H,2,7H2,1H3. The zero-order valence-corrected chi connectivity index (χ0v) is 9.29. The van der Waals surface area contributed by atoms with Gasteiger partial charge in [0.05, 0.1) is 5.88 Å². The van der Waals surface area contributed by atoms with E-state index in [1.54, 1.807) is 0 Å². The molecule has 0 spiro atoms. The van der Waals surface area contributed by atoms with E-state index < -0.39 is 6.10 Å². The zero-order valence-electron chi connectivity index (χ0n) is 8.53. The Morgan fingerprint density at radius 3 is 2.93 bits per heavy atom. The molecule has 1 aromatic carbocycles. The van der Waals surface area contributed by atoms with E-state index in [1.807, 2.05) is 24.3 Å². The van der Waals surface area contributed by atoms with Crippen molar-refractivity contribution in [3.63, 3.8) is 0 Å². The van der Waals surface area contributed by atoms with Gasteiger partial charge in [-0.2, -0.15) is 0 Å². The number of aliphatic hydroxyl groups is 1. The van der Waals surface area contributed by atoms with Gasteiger partial charge in [-0.3, -0.25) is 0 Å². The van der Waals surface area contributed by atoms with Crippen LogP contribution in [0, 0.1) is 0 Å². The van der Waals surface area contributed by atoms with Gasteiger partial charge in [0.25, 0.3) is 0 Å². The SMILES string of the molecule is CCc1cccc2cc(C(O)CCl)oc12. The fraction of sp³-hybridized carbons (Fsp3) is 0.333. The molecule has 15 heavy (non-hydrogen) atoms. The minimum Gasteiger partial charge on any atom is -0.458 e. The van der Waals surface area contributed by atoms with Crippen molar-refractivity contribution in [3.8, 4) is 0 Å². The normalized spacial score (nSPS) is 13.3. The number of alkyl halides is 1. The van der Waals surface area contributed by atoms with Gasteiger partial charge in [0.2, 0.25) is 0 Å². The average molecular weight is 225 g/mol. The molecular formula is C12H13ClO2. The lowest BCUT2D eigenvalue weighted by Gasteiger charge is -2.00. The van der Waals surface area contributed by atoms with Crippen molar-refractivity contribution >= 4 is 22.6 Å². The summed E-state index contributed by atoms with van der Waals surface area (Å²) in [4.78, 5) is 0. The molecule has 80 valence electrons. The first-order chi connectivity index (χ1) is 7.26. The van der Waals surface area contributed by atoms with Crippen LogP contribution in [0.3, 0.4) is 0 Å². The molecule has 0 aliphatic carbocycles. The van der Waals surface area contributed by atoms with Crippen molar-refractivity contribution < 1.29 is 9.52 Å². The number of hydrogen-bond donors (Lipinski definition) is 1. The molecule has 0 saturated carbocycles. The summed E-state index contributed by atoms with van der Waals surface area (Å²) in [7, 11) is 0. The Hall–Kier alpha value is -0.990. The Balaban J connectivity index is 2.55. The van der Waals surface area contributed by atoms with Crippen LogP contribution in [0.4, 0.5) is 0 Å². The Labute approximate surface area is 93.5 Å². The van der Waals surface area contributed by atoms with Crippen LogP contribution in [0.5, 0.6) is 0 Å². The molecule has 0 aliphatic heterocycles. The van der Waals surface area contributed by atoms with Gasteiger partial charge in [-0.25, -0.2) is 0 Å². The molecule has 1 N–H and O–H groups in total. The van der Waals surface area contributed by atoms with Crippen LogP contribution in [0.2, 0.25) is 0 Å². The summed E-state index contributed by atoms with van der Waals surface area (Å²) < 4.78 is 5.61. The van der Waals surface area contributed by atoms with E-state index in [9.17, 15) is 5.11 Å². The molecule has 1 atom stereocenters. The van der Waals surface area contributed by atoms with Crippen molar-refractivity contribution in [2.24, 2.45) is 0 Å². The summed E-state index contributed by atoms with van der Waals surface area (Å²) in [5, 5.41) is 10.6. The maximum Gasteiger partial charge on any atom is 0.137 e. The number of furan rings is 1. The summed E-state index contributed by atoms with van der Waals surface area (Å²) in [5.41, 5.74) is 2.01. The molecule has 0 aliphatic rings. The number of rotatable bonds is 3. The van der Waals surface area contributed by atoms with Gasteiger partial charge in [0.1, 0.15) is 17.4 Å². The van der Waals surface area contributed by atoms with Gasteiger partial charge in [-0.15, -0.1) is 11.6 Å². The first-order valence-electron chi connectivity index (χ1n) is 5.01. The maximum absolute atomic E-state index is 9.57. The van der Waals surface area contributed by atoms with E-state index in [-0.39, 0.29) is 5.88 Å². The number of fused-ring (bicyclic) bond motifs is 1. The second-order valence-corrected chi connectivity index (χ2v) is 3.82. The summed E-state index contributed by atoms with van der Waals surface area (Å²) in [6.07, 6.45) is 0.199. The number of para-hydroxylation sites is 1. The Bertz CT molecular complexity index is 462. The molecule has 2 rings (SSSR count). The highest BCUT2D eigenvalue weighted by Gasteiger charge is 2.13. The van der Waals surface area contributed by atoms with Crippen LogP contribution in [-0.2, 0) is 6.42 Å². The topological polar surface area (TPSA) is 33.4 Å². The molecule has 0 saturated heterocycles. The van der Waals surface area contributed by atoms with Gasteiger partial charge in [0.15, 0.2) is 0 Å². The highest BCUT2D eigenvalue weighted by molar-refractivity contribution is 6.18. The third-order valence-corrected chi connectivity index (χ3v) is 2.79. The van der Waals surface area contributed by atoms with Crippen molar-refractivity contribution in [2.75, 3.05) is 5.88 Å². The van der Waals surface area contributed by atoms with Crippen molar-refractivity contribution in [1.82, 2.24) is 0 Å². The van der Waals surface area contributed by atoms with Gasteiger partial charge >= 0.3 is 0 Å². The lowest BCUT2D eigenvalue weighted by Crippen LogP contribution is -1.95. The minimum atomic E-state index is -0.719. The Morgan fingerprint density at radius 1 is 1.47 bits per heavy atom. The van der Waals surface area contributed by atoms with Gasteiger partial charge < -0.3 is 9.52 Å². The first-order valence-corrected chi connectivity index (χ1v) is 5.55. The van der Waals surface area contributed by atoms with E-state index in [1.165, 1.54) is 0 Å². The molecule has 0 bridgehead atoms. The molecule has 0 radical (unpaired) electrons. The molecule has 1 heterocycles. The largest absolute Gasteiger partial charge is 0.458 e. The molecule has 1 aromatic heterocycles. The Morgan fingerprint density at radius 2 is 2.27 bits per heavy atom. The molecule has 0 amide bonds. The second-order valence-electron chi connectivity index (χ2n) is 3.51. The second kappa shape index (κ2) is 4.25. The average Bonchev–Trinajstić information content (AvgIpc) is 2.71. The highest BCUT2D eigenvalue weighted by Crippen LogP contribution is 2.27. The third kappa shape index (κ3) is 1.87. The zero-order chi connectivity index (χ0) is 10.8. The van der Waals surface area contributed by atoms with Crippen molar-refractivity contribution in [2.45, 2.75) is 19.4 Å². The van der Waals surface area contributed by atoms with Crippen molar-refractivity contribution in [1.29, 1.82) is 0 Å². The fourth-order valence-corrected chi connectivity index (χ4v) is 1.81. The predicted molar refractivity (Wildman–Crippen MR) is 61.3 cm³/mol. The molecule has 2 nitrogen and oxygen atoms in total. The van der Waals surface area contributed by atoms with Crippen LogP contribution in [0.1, 0.15) is 24.4 Å². The van der Waals surface area contributed by atoms with E-state index in [0.29, 0.717) is 5.76 Å². The van der Waals surface area contributed by atoms with Gasteiger partial charge in [-0.05, 0) is 18.1 Å². The van der Waals surface area contributed by atoms with E-state index in [0.717, 1.165) is 23.0 Å². The van der Waals surface area contributed by atoms with Gasteiger partial charge in [0, 0.05) is 5.39 Å². The maximum atomic E-state index is 9.57. The molecule has 0 fully saturated rings. The summed E-state index contributed by atoms with van der Waals surface area (Å²) in [6, 6.07) is 7.85. The number of hydrogen-bond acceptors (Lipinski definition) is 2. The smallest absolute Gasteiger partial charge is 0.137 e. The van der Waals surface area contributed by atoms with Crippen LogP contribution >= 0.6 is 11.6 Å². The third-order valence-electron chi connectivity index (χ3n) is 2.50. The van der Waals surface area contributed by atoms with E-state index >= 15 is 0 Å². The monoisotopic (exact) mass is 224 g/mol. The number of aryl methyl sites for hydroxylation is 1. The quantitative estimate of drug-likeness (QED) is 0.812. The lowest BCUT2D eigenvalue weighted by molar-refractivity contribution is 0.175. The van der Waals surface area contributed by atoms with Crippen molar-refractivity contribution in [3.05, 3.63) is 35.6 Å². The lowest BCUT2D eigenvalue weighted by atomic mass is 10.1. The number of aliphatic hydroxyl groups excluding tert-OH is 1. The molecule has 1 unspecified atom stereocenters. The highest BCUT2D eigenvalue weighted by atomic mass is 35.5. The van der Waals surface area contributed by atoms with Gasteiger partial charge in [-0.1, -0.05) is 25.1 Å². The van der Waals surface area contributed by atoms with Crippen LogP contribution in [0.25, 0.3) is 11.0 Å². The Kier molecular flexibility index (Phi) is 2.98. The first kappa shape index (κ1) is 10.5. The van der Waals surface area contributed by atoms with E-state index in [4.69, 9.17) is 16.0 Å². The number of benzene rings is 1. The summed E-state index contributed by atoms with van der Waals surface area (Å²) in [5.74, 6) is 0.697. The van der Waals surface area contributed by atoms with E-state index in [2.05, 4.69) is 6.92 Å². The fourth-order valence-electron chi connectivity index (χ4n) is 1.66. The van der Waals surface area contributed by atoms with Crippen LogP contribution < -0.4 is 0 Å². The molecular weight excluding hydrogens is 212 g/mol. The van der Waals surface area contributed by atoms with Crippen LogP contribution in [-0.4, -0.2) is 11.0 Å². The minimum absolute atomic E-state index is 0.154. The molecule has 3 heteroatoms. The number of halogens is 1.